The van der Waals surface area contributed by atoms with Gasteiger partial charge in [-0.25, -0.2) is 5.43 Å². The fraction of sp³-hybridized carbons (Fsp3) is 0.0833. The van der Waals surface area contributed by atoms with Crippen molar-refractivity contribution < 1.29 is 9.90 Å². The van der Waals surface area contributed by atoms with Gasteiger partial charge in [0.1, 0.15) is 5.75 Å². The summed E-state index contributed by atoms with van der Waals surface area (Å²) in [6.07, 6.45) is 3.04. The monoisotopic (exact) mass is 244 g/mol. The molecule has 1 aromatic heterocycles. The molecule has 2 N–H and O–H groups in total. The third-order valence-corrected chi connectivity index (χ3v) is 2.25. The van der Waals surface area contributed by atoms with Crippen LogP contribution in [0.1, 0.15) is 16.1 Å². The van der Waals surface area contributed by atoms with Crippen LogP contribution < -0.4 is 5.43 Å². The standard InChI is InChI=1S/C12H12N4O2/c1-16-7-6-10(15-16)12(18)14-13-8-9-4-2-3-5-11(9)17/h2-8,17H,1H3,(H,14,18)/b13-8-. The Hall–Kier alpha value is -2.63. The maximum Gasteiger partial charge on any atom is 0.291 e. The molecule has 18 heavy (non-hydrogen) atoms. The lowest BCUT2D eigenvalue weighted by Gasteiger charge is -1.97. The molecule has 1 amide bonds. The molecule has 0 spiro atoms. The Kier molecular flexibility index (Phi) is 3.38. The predicted octanol–water partition coefficient (Wildman–Crippen LogP) is 0.890. The van der Waals surface area contributed by atoms with E-state index in [4.69, 9.17) is 0 Å². The van der Waals surface area contributed by atoms with Gasteiger partial charge in [0.05, 0.1) is 6.21 Å². The molecular weight excluding hydrogens is 232 g/mol. The van der Waals surface area contributed by atoms with Crippen LogP contribution >= 0.6 is 0 Å². The molecule has 6 nitrogen and oxygen atoms in total. The highest BCUT2D eigenvalue weighted by Crippen LogP contribution is 2.12. The van der Waals surface area contributed by atoms with Gasteiger partial charge in [-0.15, -0.1) is 0 Å². The molecule has 0 fully saturated rings. The number of carbonyl (C=O) groups is 1. The Balaban J connectivity index is 2.00. The highest BCUT2D eigenvalue weighted by Gasteiger charge is 2.06. The minimum atomic E-state index is -0.401. The Morgan fingerprint density at radius 1 is 1.44 bits per heavy atom. The zero-order chi connectivity index (χ0) is 13.0. The number of aromatic hydroxyl groups is 1. The number of hydrogen-bond donors (Lipinski definition) is 2. The average molecular weight is 244 g/mol. The van der Waals surface area contributed by atoms with Crippen molar-refractivity contribution in [2.24, 2.45) is 12.1 Å². The summed E-state index contributed by atoms with van der Waals surface area (Å²) in [5, 5.41) is 17.2. The SMILES string of the molecule is Cn1ccc(C(=O)N/N=C\c2ccccc2O)n1. The zero-order valence-electron chi connectivity index (χ0n) is 9.74. The minimum Gasteiger partial charge on any atom is -0.507 e. The Bertz CT molecular complexity index is 589. The van der Waals surface area contributed by atoms with Crippen molar-refractivity contribution in [2.45, 2.75) is 0 Å². The lowest BCUT2D eigenvalue weighted by atomic mass is 10.2. The number of nitrogens with one attached hydrogen (secondary N) is 1. The van der Waals surface area contributed by atoms with E-state index in [9.17, 15) is 9.90 Å². The van der Waals surface area contributed by atoms with Gasteiger partial charge < -0.3 is 5.11 Å². The van der Waals surface area contributed by atoms with E-state index in [-0.39, 0.29) is 11.4 Å². The van der Waals surface area contributed by atoms with E-state index >= 15 is 0 Å². The van der Waals surface area contributed by atoms with Gasteiger partial charge in [-0.3, -0.25) is 9.48 Å². The fourth-order valence-electron chi connectivity index (χ4n) is 1.35. The zero-order valence-corrected chi connectivity index (χ0v) is 9.74. The number of nitrogens with zero attached hydrogens (tertiary/aromatic N) is 3. The van der Waals surface area contributed by atoms with Crippen molar-refractivity contribution in [3.05, 3.63) is 47.8 Å². The Morgan fingerprint density at radius 2 is 2.22 bits per heavy atom. The number of carbonyl (C=O) groups excluding carboxylic acids is 1. The average Bonchev–Trinajstić information content (AvgIpc) is 2.78. The molecular formula is C12H12N4O2. The first-order valence-electron chi connectivity index (χ1n) is 5.28. The molecule has 0 atom stereocenters. The first kappa shape index (κ1) is 11.8. The number of benzene rings is 1. The number of para-hydroxylation sites is 1. The van der Waals surface area contributed by atoms with Crippen LogP contribution in [0.15, 0.2) is 41.6 Å². The van der Waals surface area contributed by atoms with Crippen molar-refractivity contribution >= 4 is 12.1 Å². The fourth-order valence-corrected chi connectivity index (χ4v) is 1.35. The molecule has 0 bridgehead atoms. The molecule has 0 unspecified atom stereocenters. The lowest BCUT2D eigenvalue weighted by Crippen LogP contribution is -2.18. The number of amides is 1. The summed E-state index contributed by atoms with van der Waals surface area (Å²) in [5.74, 6) is -0.296. The van der Waals surface area contributed by atoms with Crippen LogP contribution in [0.25, 0.3) is 0 Å². The first-order chi connectivity index (χ1) is 8.66. The van der Waals surface area contributed by atoms with Crippen molar-refractivity contribution in [1.82, 2.24) is 15.2 Å². The maximum atomic E-state index is 11.6. The lowest BCUT2D eigenvalue weighted by molar-refractivity contribution is 0.0949. The van der Waals surface area contributed by atoms with Crippen LogP contribution in [0.2, 0.25) is 0 Å². The van der Waals surface area contributed by atoms with Crippen LogP contribution in [0.3, 0.4) is 0 Å². The van der Waals surface area contributed by atoms with Crippen molar-refractivity contribution in [2.75, 3.05) is 0 Å². The number of phenols is 1. The van der Waals surface area contributed by atoms with Gasteiger partial charge in [-0.05, 0) is 18.2 Å². The van der Waals surface area contributed by atoms with E-state index in [2.05, 4.69) is 15.6 Å². The smallest absolute Gasteiger partial charge is 0.291 e. The number of phenolic OH excluding ortho intramolecular Hbond substituents is 1. The summed E-state index contributed by atoms with van der Waals surface area (Å²) in [4.78, 5) is 11.6. The molecule has 1 heterocycles. The second-order valence-electron chi connectivity index (χ2n) is 3.63. The van der Waals surface area contributed by atoms with Gasteiger partial charge in [0, 0.05) is 18.8 Å². The van der Waals surface area contributed by atoms with Gasteiger partial charge in [-0.1, -0.05) is 12.1 Å². The van der Waals surface area contributed by atoms with E-state index in [0.29, 0.717) is 5.56 Å². The molecule has 1 aromatic carbocycles. The highest BCUT2D eigenvalue weighted by atomic mass is 16.3. The van der Waals surface area contributed by atoms with Crippen molar-refractivity contribution in [1.29, 1.82) is 0 Å². The highest BCUT2D eigenvalue weighted by molar-refractivity contribution is 5.93. The van der Waals surface area contributed by atoms with Crippen LogP contribution in [0.5, 0.6) is 5.75 Å². The molecule has 92 valence electrons. The topological polar surface area (TPSA) is 79.5 Å². The van der Waals surface area contributed by atoms with E-state index < -0.39 is 5.91 Å². The number of rotatable bonds is 3. The van der Waals surface area contributed by atoms with Gasteiger partial charge in [0.15, 0.2) is 5.69 Å². The minimum absolute atomic E-state index is 0.105. The molecule has 2 aromatic rings. The van der Waals surface area contributed by atoms with Gasteiger partial charge in [0.25, 0.3) is 5.91 Å². The van der Waals surface area contributed by atoms with Crippen LogP contribution in [-0.2, 0) is 7.05 Å². The second kappa shape index (κ2) is 5.13. The normalized spacial score (nSPS) is 10.7. The Labute approximate surface area is 104 Å². The number of aromatic nitrogens is 2. The molecule has 0 radical (unpaired) electrons. The van der Waals surface area contributed by atoms with Gasteiger partial charge >= 0.3 is 0 Å². The number of hydrazone groups is 1. The largest absolute Gasteiger partial charge is 0.507 e. The summed E-state index contributed by atoms with van der Waals surface area (Å²) in [6.45, 7) is 0. The van der Waals surface area contributed by atoms with Crippen LogP contribution in [-0.4, -0.2) is 27.0 Å². The predicted molar refractivity (Wildman–Crippen MR) is 66.4 cm³/mol. The van der Waals surface area contributed by atoms with E-state index in [1.165, 1.54) is 10.9 Å². The van der Waals surface area contributed by atoms with Crippen LogP contribution in [0, 0.1) is 0 Å². The summed E-state index contributed by atoms with van der Waals surface area (Å²) in [7, 11) is 1.72. The summed E-state index contributed by atoms with van der Waals surface area (Å²) in [5.41, 5.74) is 3.14. The van der Waals surface area contributed by atoms with Crippen LogP contribution in [0.4, 0.5) is 0 Å². The third-order valence-electron chi connectivity index (χ3n) is 2.25. The second-order valence-corrected chi connectivity index (χ2v) is 3.63. The molecule has 0 aliphatic carbocycles. The maximum absolute atomic E-state index is 11.6. The van der Waals surface area contributed by atoms with E-state index in [1.54, 1.807) is 43.6 Å². The third kappa shape index (κ3) is 2.73. The number of aryl methyl sites for hydroxylation is 1. The number of hydrogen-bond acceptors (Lipinski definition) is 4. The molecule has 6 heteroatoms. The summed E-state index contributed by atoms with van der Waals surface area (Å²) >= 11 is 0. The van der Waals surface area contributed by atoms with Gasteiger partial charge in [-0.2, -0.15) is 10.2 Å². The summed E-state index contributed by atoms with van der Waals surface area (Å²) in [6, 6.07) is 8.29. The van der Waals surface area contributed by atoms with Crippen molar-refractivity contribution in [3.8, 4) is 5.75 Å². The van der Waals surface area contributed by atoms with E-state index in [1.807, 2.05) is 0 Å². The van der Waals surface area contributed by atoms with E-state index in [0.717, 1.165) is 0 Å². The molecule has 0 saturated heterocycles. The van der Waals surface area contributed by atoms with Crippen molar-refractivity contribution in [3.63, 3.8) is 0 Å². The molecule has 0 aliphatic heterocycles. The van der Waals surface area contributed by atoms with Gasteiger partial charge in [0.2, 0.25) is 0 Å². The molecule has 2 rings (SSSR count). The first-order valence-corrected chi connectivity index (χ1v) is 5.28. The molecule has 0 saturated carbocycles. The quantitative estimate of drug-likeness (QED) is 0.621. The Morgan fingerprint density at radius 3 is 2.89 bits per heavy atom. The summed E-state index contributed by atoms with van der Waals surface area (Å²) < 4.78 is 1.53. The molecule has 0 aliphatic rings.